The van der Waals surface area contributed by atoms with Crippen LogP contribution in [0.15, 0.2) is 256 Å². The second-order valence-electron chi connectivity index (χ2n) is 22.4. The molecule has 0 fully saturated rings. The second-order valence-corrected chi connectivity index (χ2v) is 22.4. The van der Waals surface area contributed by atoms with Crippen LogP contribution in [0.1, 0.15) is 184 Å². The van der Waals surface area contributed by atoms with Crippen LogP contribution in [-0.2, 0) is 19.2 Å². The molecular formula is C83H103BK2NaO8. The standard InChI is InChI=1S/C23H32O2.C23H30O.C18H20O.C18H18O.CH2O3.B.2K.Na.2H/c1-2-3-10-19-25-23(13-8-5-9-18-24)22-16-14-21(15-17-22)20-11-6-4-7-12-20;1-3-5-8-14-23(24-19-11-6-4-2)22-17-15-21(16-18-22)20-12-9-7-10-13-20;2*1-2-3-5-10-18(19)17-13-11-16(12-14-17)15-8-6-4-7-9-15;2-1-4-3;;;;;;/h4,6-7,11-12,14-17,23-24H,2-3,5,8-10,13,18-19H2,1H3;3,7,9-10,12-13,15-18,23H,1,4-6,8,11,14,19H2,2H3;2,4,6-9,11-14,18-19H,1,3,5,10H2;2,4,6-9,11-14H,1,3,5,10H2;1,3H;;;;;;/q;;;;;;3*+1;2*-1/p-1. The average molecular weight is 1340 g/mol. The molecule has 8 aromatic carbocycles. The minimum Gasteiger partial charge on any atom is -1.00 e. The maximum absolute atomic E-state index is 11.9. The summed E-state index contributed by atoms with van der Waals surface area (Å²) in [5, 5.41) is 27.5. The van der Waals surface area contributed by atoms with Gasteiger partial charge in [0.25, 0.3) is 6.47 Å². The summed E-state index contributed by atoms with van der Waals surface area (Å²) in [7, 11) is 0. The number of ketones is 1. The maximum atomic E-state index is 11.9. The molecule has 8 aromatic rings. The van der Waals surface area contributed by atoms with Gasteiger partial charge in [0, 0.05) is 40.2 Å². The molecule has 8 nitrogen and oxygen atoms in total. The molecule has 0 aliphatic carbocycles. The summed E-state index contributed by atoms with van der Waals surface area (Å²) in [6, 6.07) is 75.1. The Morgan fingerprint density at radius 1 is 0.442 bits per heavy atom. The van der Waals surface area contributed by atoms with E-state index in [1.54, 1.807) is 0 Å². The Balaban J connectivity index is -0.00000117. The smallest absolute Gasteiger partial charge is 1.00 e. The number of aliphatic hydroxyl groups excluding tert-OH is 2. The van der Waals surface area contributed by atoms with E-state index < -0.39 is 0 Å². The van der Waals surface area contributed by atoms with Gasteiger partial charge in [0.1, 0.15) is 0 Å². The van der Waals surface area contributed by atoms with Gasteiger partial charge < -0.3 is 32.7 Å². The molecule has 0 aromatic heterocycles. The van der Waals surface area contributed by atoms with E-state index >= 15 is 0 Å². The van der Waals surface area contributed by atoms with Crippen LogP contribution < -0.4 is 138 Å². The van der Waals surface area contributed by atoms with Crippen molar-refractivity contribution in [1.29, 1.82) is 0 Å². The number of benzene rings is 8. The molecule has 0 amide bonds. The van der Waals surface area contributed by atoms with Crippen LogP contribution in [0, 0.1) is 0 Å². The summed E-state index contributed by atoms with van der Waals surface area (Å²) in [5.41, 5.74) is 14.1. The Morgan fingerprint density at radius 2 is 0.758 bits per heavy atom. The van der Waals surface area contributed by atoms with E-state index in [2.05, 4.69) is 178 Å². The Kier molecular flexibility index (Phi) is 57.9. The number of rotatable bonds is 36. The minimum absolute atomic E-state index is 0. The molecule has 2 N–H and O–H groups in total. The van der Waals surface area contributed by atoms with Crippen LogP contribution in [-0.4, -0.2) is 50.7 Å². The van der Waals surface area contributed by atoms with Crippen LogP contribution in [0.4, 0.5) is 0 Å². The van der Waals surface area contributed by atoms with Crippen LogP contribution in [0.25, 0.3) is 44.5 Å². The largest absolute Gasteiger partial charge is 1.00 e. The molecule has 0 aliphatic rings. The number of hydrogen-bond acceptors (Lipinski definition) is 8. The zero-order valence-electron chi connectivity index (χ0n) is 59.9. The fourth-order valence-electron chi connectivity index (χ4n) is 10.1. The van der Waals surface area contributed by atoms with Gasteiger partial charge in [0.15, 0.2) is 5.78 Å². The molecule has 0 spiro atoms. The van der Waals surface area contributed by atoms with Crippen molar-refractivity contribution in [2.75, 3.05) is 19.8 Å². The monoisotopic (exact) mass is 1340 g/mol. The van der Waals surface area contributed by atoms with E-state index in [-0.39, 0.29) is 181 Å². The number of allylic oxidation sites excluding steroid dienone is 3. The van der Waals surface area contributed by atoms with Crippen LogP contribution in [0.3, 0.4) is 0 Å². The molecule has 0 aliphatic heterocycles. The Bertz CT molecular complexity index is 3120. The maximum Gasteiger partial charge on any atom is 1.00 e. The first-order valence-corrected chi connectivity index (χ1v) is 33.0. The van der Waals surface area contributed by atoms with Crippen molar-refractivity contribution in [2.45, 2.75) is 154 Å². The van der Waals surface area contributed by atoms with Gasteiger partial charge in [-0.05, 0) is 138 Å². The molecule has 0 saturated carbocycles. The molecule has 0 bridgehead atoms. The normalized spacial score (nSPS) is 10.9. The fourth-order valence-corrected chi connectivity index (χ4v) is 10.1. The van der Waals surface area contributed by atoms with Crippen LogP contribution in [0.2, 0.25) is 0 Å². The van der Waals surface area contributed by atoms with Crippen molar-refractivity contribution >= 4 is 20.7 Å². The van der Waals surface area contributed by atoms with E-state index in [1.165, 1.54) is 75.8 Å². The molecular weight excluding hydrogens is 1240 g/mol. The number of hydrogen-bond donors (Lipinski definition) is 2. The van der Waals surface area contributed by atoms with Gasteiger partial charge in [-0.15, -0.1) is 19.7 Å². The zero-order valence-corrected chi connectivity index (χ0v) is 66.2. The average Bonchev–Trinajstić information content (AvgIpc) is 1.05. The summed E-state index contributed by atoms with van der Waals surface area (Å²) >= 11 is 0. The fraction of sp³-hybridized carbons (Fsp3) is 0.325. The molecule has 489 valence electrons. The van der Waals surface area contributed by atoms with E-state index in [9.17, 15) is 9.90 Å². The number of aliphatic hydroxyl groups is 2. The van der Waals surface area contributed by atoms with Crippen molar-refractivity contribution in [3.05, 3.63) is 279 Å². The number of ether oxygens (including phenoxy) is 2. The van der Waals surface area contributed by atoms with Crippen LogP contribution >= 0.6 is 0 Å². The number of carbonyl (C=O) groups excluding carboxylic acids is 2. The molecule has 0 heterocycles. The van der Waals surface area contributed by atoms with Gasteiger partial charge in [-0.25, -0.2) is 0 Å². The molecule has 12 heteroatoms. The SMILES string of the molecule is C=CCCCC(=O)c1ccc(-c2ccccc2)cc1.C=CCCCC(O)c1ccc(-c2ccccc2)cc1.C=CCCCC(OCCCCC)c1ccc(-c2ccccc2)cc1.CCCCCOC(CCCCCO)c1ccc(-c2ccccc2)cc1.O=CO[O-].[B].[H-].[H-].[K+].[K+].[Na+]. The molecule has 95 heavy (non-hydrogen) atoms. The van der Waals surface area contributed by atoms with Gasteiger partial charge in [-0.2, -0.15) is 0 Å². The third-order valence-electron chi connectivity index (χ3n) is 15.4. The van der Waals surface area contributed by atoms with Gasteiger partial charge in [-0.1, -0.05) is 289 Å². The van der Waals surface area contributed by atoms with Crippen molar-refractivity contribution in [3.8, 4) is 44.5 Å². The molecule has 0 saturated heterocycles. The first-order valence-electron chi connectivity index (χ1n) is 33.0. The third kappa shape index (κ3) is 39.0. The minimum atomic E-state index is -0.371. The van der Waals surface area contributed by atoms with Crippen LogP contribution in [0.5, 0.6) is 0 Å². The summed E-state index contributed by atoms with van der Waals surface area (Å²) < 4.78 is 12.4. The van der Waals surface area contributed by atoms with Crippen molar-refractivity contribution in [1.82, 2.24) is 0 Å². The van der Waals surface area contributed by atoms with Gasteiger partial charge in [-0.3, -0.25) is 9.59 Å². The summed E-state index contributed by atoms with van der Waals surface area (Å²) in [6.07, 6.45) is 25.3. The Morgan fingerprint density at radius 3 is 1.09 bits per heavy atom. The first-order chi connectivity index (χ1) is 44.7. The van der Waals surface area contributed by atoms with E-state index in [0.717, 1.165) is 120 Å². The topological polar surface area (TPSA) is 125 Å². The summed E-state index contributed by atoms with van der Waals surface area (Å²) in [4.78, 5) is 23.2. The molecule has 8 rings (SSSR count). The van der Waals surface area contributed by atoms with Crippen molar-refractivity contribution in [2.24, 2.45) is 0 Å². The van der Waals surface area contributed by atoms with Crippen molar-refractivity contribution in [3.63, 3.8) is 0 Å². The Labute approximate surface area is 683 Å². The molecule has 3 radical (unpaired) electrons. The van der Waals surface area contributed by atoms with Gasteiger partial charge in [0.2, 0.25) is 0 Å². The molecule has 3 unspecified atom stereocenters. The second kappa shape index (κ2) is 60.2. The zero-order chi connectivity index (χ0) is 65.2. The third-order valence-corrected chi connectivity index (χ3v) is 15.4. The van der Waals surface area contributed by atoms with E-state index in [0.29, 0.717) is 6.42 Å². The quantitative estimate of drug-likeness (QED) is 0.00757. The number of Topliss-reactive ketones (excluding diaryl/α,β-unsaturated/α-hetero) is 1. The molecule has 3 atom stereocenters. The predicted molar refractivity (Wildman–Crippen MR) is 386 cm³/mol. The number of carbonyl (C=O) groups is 2. The summed E-state index contributed by atoms with van der Waals surface area (Å²) in [6.45, 7) is 17.4. The van der Waals surface area contributed by atoms with Gasteiger partial charge >= 0.3 is 132 Å². The predicted octanol–water partition coefficient (Wildman–Crippen LogP) is 12.0. The summed E-state index contributed by atoms with van der Waals surface area (Å²) in [5.74, 6) is 0.210. The van der Waals surface area contributed by atoms with Crippen molar-refractivity contribution < 1.29 is 175 Å². The van der Waals surface area contributed by atoms with E-state index in [1.807, 2.05) is 97.1 Å². The number of unbranched alkanes of at least 4 members (excludes halogenated alkanes) is 9. The van der Waals surface area contributed by atoms with E-state index in [4.69, 9.17) is 24.6 Å². The Hall–Kier alpha value is -3.74. The van der Waals surface area contributed by atoms with Gasteiger partial charge in [0.05, 0.1) is 18.3 Å². The first kappa shape index (κ1) is 91.3.